The molecule has 2 aliphatic carbocycles. The molecule has 0 aromatic carbocycles. The molecule has 2 rings (SSSR count). The van der Waals surface area contributed by atoms with Crippen LogP contribution in [-0.4, -0.2) is 89.3 Å². The number of rotatable bonds is 4. The highest BCUT2D eigenvalue weighted by Crippen LogP contribution is 2.24. The Balaban J connectivity index is 0.000000407. The second kappa shape index (κ2) is 11.9. The zero-order valence-electron chi connectivity index (χ0n) is 18.8. The molecule has 0 amide bonds. The molecule has 9 nitrogen and oxygen atoms in total. The first-order valence-corrected chi connectivity index (χ1v) is 12.8. The van der Waals surface area contributed by atoms with Gasteiger partial charge in [-0.2, -0.15) is 3.63 Å². The van der Waals surface area contributed by atoms with E-state index in [1.807, 2.05) is 0 Å². The molecular formula is C18H40N2O7S2. The summed E-state index contributed by atoms with van der Waals surface area (Å²) in [5.41, 5.74) is 0. The molecule has 176 valence electrons. The van der Waals surface area contributed by atoms with Gasteiger partial charge in [0.1, 0.15) is 0 Å². The third-order valence-electron chi connectivity index (χ3n) is 5.51. The van der Waals surface area contributed by atoms with Gasteiger partial charge in [0.25, 0.3) is 0 Å². The molecule has 0 bridgehead atoms. The molecule has 29 heavy (non-hydrogen) atoms. The molecule has 11 heteroatoms. The normalized spacial score (nSPS) is 20.1. The lowest BCUT2D eigenvalue weighted by molar-refractivity contribution is -0.897. The van der Waals surface area contributed by atoms with Crippen LogP contribution >= 0.6 is 0 Å². The highest BCUT2D eigenvalue weighted by Gasteiger charge is 2.25. The van der Waals surface area contributed by atoms with Gasteiger partial charge in [-0.25, -0.2) is 16.8 Å². The van der Waals surface area contributed by atoms with Crippen LogP contribution < -0.4 is 0 Å². The van der Waals surface area contributed by atoms with Crippen LogP contribution in [0.2, 0.25) is 0 Å². The fourth-order valence-corrected chi connectivity index (χ4v) is 4.63. The van der Waals surface area contributed by atoms with Crippen molar-refractivity contribution in [1.29, 1.82) is 0 Å². The molecule has 0 unspecified atom stereocenters. The van der Waals surface area contributed by atoms with Crippen LogP contribution in [0, 0.1) is 0 Å². The predicted octanol–water partition coefficient (Wildman–Crippen LogP) is 1.97. The van der Waals surface area contributed by atoms with Crippen molar-refractivity contribution in [2.45, 2.75) is 76.3 Å². The SMILES string of the molecule is C[N+](C)(C)C1CCCCC1.C[N+](C)(C)C1CCCCC1.O=S(=O)([O-])OS(=O)(=O)[O-]. The second-order valence-electron chi connectivity index (χ2n) is 9.70. The Labute approximate surface area is 178 Å². The maximum atomic E-state index is 9.29. The van der Waals surface area contributed by atoms with Gasteiger partial charge in [0.05, 0.1) is 54.4 Å². The summed E-state index contributed by atoms with van der Waals surface area (Å²) in [5, 5.41) is 0. The first-order chi connectivity index (χ1) is 12.9. The molecule has 0 atom stereocenters. The Morgan fingerprint density at radius 2 is 0.828 bits per heavy atom. The third-order valence-corrected chi connectivity index (χ3v) is 6.84. The van der Waals surface area contributed by atoms with Gasteiger partial charge in [-0.3, -0.25) is 0 Å². The van der Waals surface area contributed by atoms with Gasteiger partial charge in [-0.15, -0.1) is 0 Å². The van der Waals surface area contributed by atoms with E-state index in [9.17, 15) is 25.9 Å². The summed E-state index contributed by atoms with van der Waals surface area (Å²) in [5.74, 6) is 0. The van der Waals surface area contributed by atoms with Crippen molar-refractivity contribution in [3.05, 3.63) is 0 Å². The molecule has 2 saturated carbocycles. The van der Waals surface area contributed by atoms with Crippen LogP contribution in [0.25, 0.3) is 0 Å². The smallest absolute Gasteiger partial charge is 0.231 e. The molecule has 0 aliphatic heterocycles. The minimum atomic E-state index is -5.43. The van der Waals surface area contributed by atoms with Crippen LogP contribution in [0.15, 0.2) is 0 Å². The van der Waals surface area contributed by atoms with Gasteiger partial charge in [-0.1, -0.05) is 12.8 Å². The van der Waals surface area contributed by atoms with E-state index >= 15 is 0 Å². The average molecular weight is 461 g/mol. The molecule has 0 radical (unpaired) electrons. The summed E-state index contributed by atoms with van der Waals surface area (Å²) in [7, 11) is 3.03. The lowest BCUT2D eigenvalue weighted by Gasteiger charge is -2.36. The second-order valence-corrected chi connectivity index (χ2v) is 11.9. The monoisotopic (exact) mass is 460 g/mol. The lowest BCUT2D eigenvalue weighted by atomic mass is 9.94. The van der Waals surface area contributed by atoms with Crippen LogP contribution in [0.5, 0.6) is 0 Å². The number of hydrogen-bond acceptors (Lipinski definition) is 7. The lowest BCUT2D eigenvalue weighted by Crippen LogP contribution is -2.45. The van der Waals surface area contributed by atoms with E-state index in [-0.39, 0.29) is 0 Å². The third kappa shape index (κ3) is 16.1. The van der Waals surface area contributed by atoms with Crippen molar-refractivity contribution in [3.8, 4) is 0 Å². The maximum Gasteiger partial charge on any atom is 0.231 e. The number of nitrogens with zero attached hydrogens (tertiary/aromatic N) is 2. The van der Waals surface area contributed by atoms with Crippen molar-refractivity contribution in [2.75, 3.05) is 42.3 Å². The fraction of sp³-hybridized carbons (Fsp3) is 1.00. The van der Waals surface area contributed by atoms with Gasteiger partial charge in [0, 0.05) is 0 Å². The molecule has 0 aromatic rings. The minimum absolute atomic E-state index is 0.939. The predicted molar refractivity (Wildman–Crippen MR) is 110 cm³/mol. The highest BCUT2D eigenvalue weighted by molar-refractivity contribution is 7.94. The van der Waals surface area contributed by atoms with Gasteiger partial charge in [0.2, 0.25) is 20.8 Å². The van der Waals surface area contributed by atoms with Gasteiger partial charge >= 0.3 is 0 Å². The molecular weight excluding hydrogens is 420 g/mol. The van der Waals surface area contributed by atoms with Crippen molar-refractivity contribution in [1.82, 2.24) is 0 Å². The largest absolute Gasteiger partial charge is 0.725 e. The Hall–Kier alpha value is -0.300. The van der Waals surface area contributed by atoms with E-state index in [0.29, 0.717) is 0 Å². The van der Waals surface area contributed by atoms with E-state index < -0.39 is 20.8 Å². The zero-order valence-corrected chi connectivity index (χ0v) is 20.4. The van der Waals surface area contributed by atoms with Gasteiger partial charge in [0.15, 0.2) is 0 Å². The topological polar surface area (TPSA) is 124 Å². The molecule has 0 aromatic heterocycles. The minimum Gasteiger partial charge on any atom is -0.725 e. The summed E-state index contributed by atoms with van der Waals surface area (Å²) >= 11 is 0. The number of hydrogen-bond donors (Lipinski definition) is 0. The summed E-state index contributed by atoms with van der Waals surface area (Å²) in [6.45, 7) is 0. The molecule has 0 N–H and O–H groups in total. The van der Waals surface area contributed by atoms with E-state index in [4.69, 9.17) is 0 Å². The van der Waals surface area contributed by atoms with Gasteiger partial charge < -0.3 is 18.1 Å². The van der Waals surface area contributed by atoms with E-state index in [2.05, 4.69) is 45.9 Å². The average Bonchev–Trinajstić information content (AvgIpc) is 2.53. The standard InChI is InChI=1S/2C9H20N.H2O7S2/c2*1-10(2,3)9-7-5-4-6-8-9;1-8(2,3)7-9(4,5)6/h2*9H,4-8H2,1-3H3;(H,1,2,3)(H,4,5,6)/q2*+1;/p-2. The first kappa shape index (κ1) is 28.7. The summed E-state index contributed by atoms with van der Waals surface area (Å²) in [4.78, 5) is 0. The van der Waals surface area contributed by atoms with Crippen molar-refractivity contribution in [2.24, 2.45) is 0 Å². The molecule has 0 saturated heterocycles. The Morgan fingerprint density at radius 3 is 0.931 bits per heavy atom. The Kier molecular flexibility index (Phi) is 11.8. The number of quaternary nitrogens is 2. The zero-order chi connectivity index (χ0) is 22.9. The van der Waals surface area contributed by atoms with Crippen LogP contribution in [0.4, 0.5) is 0 Å². The highest BCUT2D eigenvalue weighted by atomic mass is 32.3. The van der Waals surface area contributed by atoms with Crippen molar-refractivity contribution < 1.29 is 38.5 Å². The molecule has 2 fully saturated rings. The van der Waals surface area contributed by atoms with Crippen molar-refractivity contribution >= 4 is 20.8 Å². The molecule has 0 spiro atoms. The quantitative estimate of drug-likeness (QED) is 0.357. The van der Waals surface area contributed by atoms with Crippen LogP contribution in [-0.2, 0) is 24.4 Å². The fourth-order valence-electron chi connectivity index (χ4n) is 3.81. The van der Waals surface area contributed by atoms with Crippen LogP contribution in [0.3, 0.4) is 0 Å². The molecule has 0 heterocycles. The van der Waals surface area contributed by atoms with Crippen LogP contribution in [0.1, 0.15) is 64.2 Å². The Morgan fingerprint density at radius 1 is 0.586 bits per heavy atom. The maximum absolute atomic E-state index is 9.29. The van der Waals surface area contributed by atoms with Crippen molar-refractivity contribution in [3.63, 3.8) is 0 Å². The molecule has 2 aliphatic rings. The Bertz CT molecular complexity index is 595. The summed E-state index contributed by atoms with van der Waals surface area (Å²) < 4.78 is 60.5. The van der Waals surface area contributed by atoms with E-state index in [1.165, 1.54) is 73.2 Å². The first-order valence-electron chi connectivity index (χ1n) is 10.2. The van der Waals surface area contributed by atoms with E-state index in [0.717, 1.165) is 12.1 Å². The summed E-state index contributed by atoms with van der Waals surface area (Å²) in [6.07, 6.45) is 14.6. The van der Waals surface area contributed by atoms with Gasteiger partial charge in [-0.05, 0) is 51.4 Å². The summed E-state index contributed by atoms with van der Waals surface area (Å²) in [6, 6.07) is 1.88. The van der Waals surface area contributed by atoms with E-state index in [1.54, 1.807) is 0 Å².